The molecule has 172 valence electrons. The Balaban J connectivity index is 1.64. The summed E-state index contributed by atoms with van der Waals surface area (Å²) in [6, 6.07) is 9.70. The van der Waals surface area contributed by atoms with Crippen LogP contribution in [0, 0.1) is 0 Å². The van der Waals surface area contributed by atoms with Crippen LogP contribution in [0.1, 0.15) is 44.6 Å². The fraction of sp³-hybridized carbons (Fsp3) is 0.609. The Morgan fingerprint density at radius 3 is 2.32 bits per heavy atom. The van der Waals surface area contributed by atoms with E-state index < -0.39 is 0 Å². The van der Waals surface area contributed by atoms with Crippen LogP contribution in [-0.2, 0) is 30.4 Å². The van der Waals surface area contributed by atoms with Crippen LogP contribution in [0.3, 0.4) is 0 Å². The number of likely N-dealkylation sites (N-methyl/N-ethyl adjacent to an activating group) is 1. The number of rotatable bonds is 10. The van der Waals surface area contributed by atoms with E-state index in [1.54, 1.807) is 25.9 Å². The lowest BCUT2D eigenvalue weighted by Crippen LogP contribution is -2.41. The monoisotopic (exact) mass is 434 g/mol. The molecule has 0 aromatic heterocycles. The summed E-state index contributed by atoms with van der Waals surface area (Å²) in [5.41, 5.74) is 0.957. The Kier molecular flexibility index (Phi) is 10.3. The van der Waals surface area contributed by atoms with Gasteiger partial charge in [0.1, 0.15) is 13.2 Å². The van der Waals surface area contributed by atoms with Crippen molar-refractivity contribution in [3.63, 3.8) is 0 Å². The number of carbonyl (C=O) groups is 3. The van der Waals surface area contributed by atoms with Gasteiger partial charge < -0.3 is 24.0 Å². The second kappa shape index (κ2) is 12.9. The number of hydrogen-bond acceptors (Lipinski definition) is 6. The van der Waals surface area contributed by atoms with Crippen molar-refractivity contribution in [2.45, 2.75) is 57.8 Å². The lowest BCUT2D eigenvalue weighted by Gasteiger charge is -2.34. The van der Waals surface area contributed by atoms with Crippen LogP contribution in [0.2, 0.25) is 0 Å². The Morgan fingerprint density at radius 2 is 1.68 bits per heavy atom. The zero-order chi connectivity index (χ0) is 22.6. The highest BCUT2D eigenvalue weighted by atomic mass is 16.6. The van der Waals surface area contributed by atoms with Crippen molar-refractivity contribution in [2.75, 3.05) is 33.9 Å². The third kappa shape index (κ3) is 8.57. The van der Waals surface area contributed by atoms with E-state index in [-0.39, 0.29) is 49.8 Å². The number of esters is 1. The minimum absolute atomic E-state index is 0.00704. The molecule has 1 saturated carbocycles. The van der Waals surface area contributed by atoms with Crippen LogP contribution in [0.25, 0.3) is 0 Å². The normalized spacial score (nSPS) is 18.2. The molecule has 1 aliphatic rings. The molecule has 1 aromatic carbocycles. The molecule has 2 amide bonds. The summed E-state index contributed by atoms with van der Waals surface area (Å²) in [7, 11) is 3.42. The van der Waals surface area contributed by atoms with Crippen molar-refractivity contribution in [2.24, 2.45) is 0 Å². The number of hydrogen-bond donors (Lipinski definition) is 0. The molecule has 31 heavy (non-hydrogen) atoms. The van der Waals surface area contributed by atoms with Crippen LogP contribution in [0.15, 0.2) is 30.3 Å². The molecule has 1 aliphatic carbocycles. The van der Waals surface area contributed by atoms with Gasteiger partial charge in [0.25, 0.3) is 0 Å². The minimum Gasteiger partial charge on any atom is -0.466 e. The number of ether oxygens (including phenoxy) is 3. The summed E-state index contributed by atoms with van der Waals surface area (Å²) >= 11 is 0. The molecule has 0 bridgehead atoms. The molecule has 1 aromatic rings. The molecule has 8 nitrogen and oxygen atoms in total. The fourth-order valence-corrected chi connectivity index (χ4v) is 3.49. The molecule has 1 fully saturated rings. The summed E-state index contributed by atoms with van der Waals surface area (Å²) in [4.78, 5) is 39.1. The largest absolute Gasteiger partial charge is 0.466 e. The lowest BCUT2D eigenvalue weighted by molar-refractivity contribution is -0.144. The molecule has 0 radical (unpaired) electrons. The summed E-state index contributed by atoms with van der Waals surface area (Å²) in [6.07, 6.45) is 3.00. The van der Waals surface area contributed by atoms with E-state index in [0.29, 0.717) is 13.2 Å². The van der Waals surface area contributed by atoms with Gasteiger partial charge in [0.15, 0.2) is 0 Å². The van der Waals surface area contributed by atoms with Crippen molar-refractivity contribution in [1.82, 2.24) is 9.80 Å². The van der Waals surface area contributed by atoms with Gasteiger partial charge in [-0.15, -0.1) is 0 Å². The Labute approximate surface area is 184 Å². The molecule has 8 heteroatoms. The van der Waals surface area contributed by atoms with E-state index in [1.165, 1.54) is 4.90 Å². The van der Waals surface area contributed by atoms with Crippen molar-refractivity contribution in [3.05, 3.63) is 35.9 Å². The molecule has 0 aliphatic heterocycles. The predicted molar refractivity (Wildman–Crippen MR) is 115 cm³/mol. The summed E-state index contributed by atoms with van der Waals surface area (Å²) in [6.45, 7) is 2.64. The summed E-state index contributed by atoms with van der Waals surface area (Å²) in [5.74, 6) is -0.471. The molecule has 0 atom stereocenters. The smallest absolute Gasteiger partial charge is 0.410 e. The number of amides is 2. The number of benzene rings is 1. The Bertz CT molecular complexity index is 703. The molecule has 0 heterocycles. The van der Waals surface area contributed by atoms with Gasteiger partial charge in [-0.25, -0.2) is 4.79 Å². The highest BCUT2D eigenvalue weighted by Crippen LogP contribution is 2.25. The lowest BCUT2D eigenvalue weighted by atomic mass is 9.92. The molecular formula is C23H34N2O6. The highest BCUT2D eigenvalue weighted by Gasteiger charge is 2.28. The number of nitrogens with zero attached hydrogens (tertiary/aromatic N) is 2. The fourth-order valence-electron chi connectivity index (χ4n) is 3.49. The van der Waals surface area contributed by atoms with Crippen molar-refractivity contribution >= 4 is 18.0 Å². The third-order valence-electron chi connectivity index (χ3n) is 5.51. The van der Waals surface area contributed by atoms with Crippen molar-refractivity contribution in [1.29, 1.82) is 0 Å². The van der Waals surface area contributed by atoms with Gasteiger partial charge in [-0.05, 0) is 38.2 Å². The van der Waals surface area contributed by atoms with E-state index >= 15 is 0 Å². The van der Waals surface area contributed by atoms with E-state index in [0.717, 1.165) is 31.2 Å². The maximum atomic E-state index is 12.3. The zero-order valence-electron chi connectivity index (χ0n) is 18.7. The number of carbonyl (C=O) groups excluding carboxylic acids is 3. The van der Waals surface area contributed by atoms with Gasteiger partial charge in [-0.3, -0.25) is 9.59 Å². The van der Waals surface area contributed by atoms with Crippen molar-refractivity contribution in [3.8, 4) is 0 Å². The first-order chi connectivity index (χ1) is 14.9. The molecular weight excluding hydrogens is 400 g/mol. The minimum atomic E-state index is -0.327. The highest BCUT2D eigenvalue weighted by molar-refractivity contribution is 5.78. The van der Waals surface area contributed by atoms with Crippen LogP contribution in [0.4, 0.5) is 4.79 Å². The van der Waals surface area contributed by atoms with Crippen LogP contribution in [-0.4, -0.2) is 73.8 Å². The first kappa shape index (κ1) is 24.7. The van der Waals surface area contributed by atoms with E-state index in [1.807, 2.05) is 30.3 Å². The maximum Gasteiger partial charge on any atom is 0.410 e. The van der Waals surface area contributed by atoms with Gasteiger partial charge >= 0.3 is 12.1 Å². The van der Waals surface area contributed by atoms with Gasteiger partial charge in [0.2, 0.25) is 5.91 Å². The maximum absolute atomic E-state index is 12.3. The van der Waals surface area contributed by atoms with E-state index in [2.05, 4.69) is 0 Å². The summed E-state index contributed by atoms with van der Waals surface area (Å²) < 4.78 is 16.0. The molecule has 0 saturated heterocycles. The first-order valence-electron chi connectivity index (χ1n) is 10.8. The molecule has 2 rings (SSSR count). The first-order valence-corrected chi connectivity index (χ1v) is 10.8. The second-order valence-electron chi connectivity index (χ2n) is 7.76. The molecule has 0 N–H and O–H groups in total. The Morgan fingerprint density at radius 1 is 1.00 bits per heavy atom. The van der Waals surface area contributed by atoms with Gasteiger partial charge in [0, 0.05) is 26.7 Å². The predicted octanol–water partition coefficient (Wildman–Crippen LogP) is 2.99. The second-order valence-corrected chi connectivity index (χ2v) is 7.76. The van der Waals surface area contributed by atoms with Gasteiger partial charge in [-0.1, -0.05) is 30.3 Å². The average molecular weight is 435 g/mol. The van der Waals surface area contributed by atoms with Crippen molar-refractivity contribution < 1.29 is 28.6 Å². The van der Waals surface area contributed by atoms with Crippen LogP contribution < -0.4 is 0 Å². The van der Waals surface area contributed by atoms with Gasteiger partial charge in [-0.2, -0.15) is 0 Å². The average Bonchev–Trinajstić information content (AvgIpc) is 2.80. The van der Waals surface area contributed by atoms with Crippen LogP contribution >= 0.6 is 0 Å². The van der Waals surface area contributed by atoms with E-state index in [9.17, 15) is 14.4 Å². The zero-order valence-corrected chi connectivity index (χ0v) is 18.7. The Hall–Kier alpha value is -2.61. The topological polar surface area (TPSA) is 85.4 Å². The summed E-state index contributed by atoms with van der Waals surface area (Å²) in [5, 5.41) is 0. The quantitative estimate of drug-likeness (QED) is 0.526. The molecule has 0 unspecified atom stereocenters. The van der Waals surface area contributed by atoms with E-state index in [4.69, 9.17) is 14.2 Å². The standard InChI is InChI=1S/C23H34N2O6/c1-4-29-22(27)14-15-24(2)21(26)17-30-20-12-10-19(11-13-20)25(3)23(28)31-16-18-8-6-5-7-9-18/h5-9,19-20H,4,10-17H2,1-3H3. The SMILES string of the molecule is CCOC(=O)CCN(C)C(=O)COC1CCC(N(C)C(=O)OCc2ccccc2)CC1. The molecule has 0 spiro atoms. The van der Waals surface area contributed by atoms with Gasteiger partial charge in [0.05, 0.1) is 19.1 Å². The van der Waals surface area contributed by atoms with Crippen LogP contribution in [0.5, 0.6) is 0 Å². The third-order valence-corrected chi connectivity index (χ3v) is 5.51.